The summed E-state index contributed by atoms with van der Waals surface area (Å²) in [5.74, 6) is 0.436. The molecule has 1 saturated carbocycles. The van der Waals surface area contributed by atoms with E-state index < -0.39 is 0 Å². The van der Waals surface area contributed by atoms with Crippen LogP contribution in [-0.4, -0.2) is 35.3 Å². The number of pyridine rings is 1. The van der Waals surface area contributed by atoms with Crippen LogP contribution in [0, 0.1) is 0 Å². The van der Waals surface area contributed by atoms with Crippen LogP contribution in [0.5, 0.6) is 0 Å². The van der Waals surface area contributed by atoms with Crippen LogP contribution in [0.25, 0.3) is 0 Å². The third-order valence-corrected chi connectivity index (χ3v) is 5.27. The maximum atomic E-state index is 13.2. The summed E-state index contributed by atoms with van der Waals surface area (Å²) in [5, 5.41) is 0. The zero-order chi connectivity index (χ0) is 14.2. The molecule has 1 aromatic rings. The van der Waals surface area contributed by atoms with Gasteiger partial charge in [-0.15, -0.1) is 0 Å². The molecule has 3 rings (SSSR count). The number of aromatic nitrogens is 1. The van der Waals surface area contributed by atoms with Gasteiger partial charge < -0.3 is 0 Å². The van der Waals surface area contributed by atoms with E-state index in [1.54, 1.807) is 0 Å². The SMILES string of the molecule is CN(C)C1(C(=O)C2CCc3cccnc32)CCCCC1. The fraction of sp³-hybridized carbons (Fsp3) is 0.647. The van der Waals surface area contributed by atoms with Crippen molar-refractivity contribution in [3.63, 3.8) is 0 Å². The molecule has 0 N–H and O–H groups in total. The Morgan fingerprint density at radius 2 is 2.05 bits per heavy atom. The highest BCUT2D eigenvalue weighted by molar-refractivity contribution is 5.94. The number of carbonyl (C=O) groups is 1. The van der Waals surface area contributed by atoms with Gasteiger partial charge in [0.1, 0.15) is 0 Å². The van der Waals surface area contributed by atoms with Crippen LogP contribution < -0.4 is 0 Å². The van der Waals surface area contributed by atoms with Crippen molar-refractivity contribution >= 4 is 5.78 Å². The van der Waals surface area contributed by atoms with Crippen LogP contribution >= 0.6 is 0 Å². The highest BCUT2D eigenvalue weighted by Crippen LogP contribution is 2.41. The van der Waals surface area contributed by atoms with E-state index >= 15 is 0 Å². The van der Waals surface area contributed by atoms with Gasteiger partial charge in [0, 0.05) is 6.20 Å². The lowest BCUT2D eigenvalue weighted by Gasteiger charge is -2.43. The highest BCUT2D eigenvalue weighted by Gasteiger charge is 2.46. The summed E-state index contributed by atoms with van der Waals surface area (Å²) in [7, 11) is 4.13. The molecule has 108 valence electrons. The standard InChI is InChI=1S/C17H24N2O/c1-19(2)17(10-4-3-5-11-17)16(20)14-9-8-13-7-6-12-18-15(13)14/h6-7,12,14H,3-5,8-11H2,1-2H3. The molecule has 0 saturated heterocycles. The lowest BCUT2D eigenvalue weighted by atomic mass is 9.73. The minimum absolute atomic E-state index is 0.0201. The van der Waals surface area contributed by atoms with E-state index in [1.165, 1.54) is 24.8 Å². The van der Waals surface area contributed by atoms with Crippen molar-refractivity contribution < 1.29 is 4.79 Å². The average Bonchev–Trinajstić information content (AvgIpc) is 2.91. The van der Waals surface area contributed by atoms with E-state index in [2.05, 4.69) is 30.0 Å². The Morgan fingerprint density at radius 3 is 2.75 bits per heavy atom. The average molecular weight is 272 g/mol. The molecule has 0 aromatic carbocycles. The van der Waals surface area contributed by atoms with Gasteiger partial charge >= 0.3 is 0 Å². The lowest BCUT2D eigenvalue weighted by molar-refractivity contribution is -0.133. The summed E-state index contributed by atoms with van der Waals surface area (Å²) in [6, 6.07) is 4.10. The number of nitrogens with zero attached hydrogens (tertiary/aromatic N) is 2. The number of carbonyl (C=O) groups excluding carboxylic acids is 1. The number of hydrogen-bond acceptors (Lipinski definition) is 3. The van der Waals surface area contributed by atoms with Crippen molar-refractivity contribution in [2.75, 3.05) is 14.1 Å². The van der Waals surface area contributed by atoms with Crippen LogP contribution in [0.4, 0.5) is 0 Å². The molecule has 1 unspecified atom stereocenters. The van der Waals surface area contributed by atoms with Gasteiger partial charge in [0.05, 0.1) is 17.2 Å². The van der Waals surface area contributed by atoms with Gasteiger partial charge in [-0.25, -0.2) is 0 Å². The largest absolute Gasteiger partial charge is 0.297 e. The number of Topliss-reactive ketones (excluding diaryl/α,β-unsaturated/α-hetero) is 1. The fourth-order valence-corrected chi connectivity index (χ4v) is 4.04. The maximum absolute atomic E-state index is 13.2. The number of ketones is 1. The molecule has 2 aliphatic rings. The summed E-state index contributed by atoms with van der Waals surface area (Å²) in [4.78, 5) is 19.9. The lowest BCUT2D eigenvalue weighted by Crippen LogP contribution is -2.54. The first-order valence-corrected chi connectivity index (χ1v) is 7.81. The van der Waals surface area contributed by atoms with Crippen LogP contribution in [0.15, 0.2) is 18.3 Å². The Bertz CT molecular complexity index is 503. The molecule has 0 spiro atoms. The predicted octanol–water partition coefficient (Wildman–Crippen LogP) is 2.95. The molecule has 20 heavy (non-hydrogen) atoms. The first-order chi connectivity index (χ1) is 9.65. The van der Waals surface area contributed by atoms with Gasteiger partial charge in [-0.3, -0.25) is 14.7 Å². The molecule has 1 aromatic heterocycles. The Balaban J connectivity index is 1.92. The Kier molecular flexibility index (Phi) is 3.63. The summed E-state index contributed by atoms with van der Waals surface area (Å²) in [5.41, 5.74) is 2.07. The minimum atomic E-state index is -0.248. The zero-order valence-corrected chi connectivity index (χ0v) is 12.6. The molecule has 1 fully saturated rings. The number of rotatable bonds is 3. The molecule has 3 heteroatoms. The third-order valence-electron chi connectivity index (χ3n) is 5.27. The second-order valence-electron chi connectivity index (χ2n) is 6.49. The normalized spacial score (nSPS) is 24.6. The van der Waals surface area contributed by atoms with Crippen LogP contribution in [-0.2, 0) is 11.2 Å². The van der Waals surface area contributed by atoms with Crippen molar-refractivity contribution in [2.24, 2.45) is 0 Å². The molecule has 3 nitrogen and oxygen atoms in total. The van der Waals surface area contributed by atoms with Gasteiger partial charge in [0.15, 0.2) is 5.78 Å². The van der Waals surface area contributed by atoms with E-state index in [9.17, 15) is 4.79 Å². The highest BCUT2D eigenvalue weighted by atomic mass is 16.1. The predicted molar refractivity (Wildman–Crippen MR) is 79.8 cm³/mol. The second-order valence-corrected chi connectivity index (χ2v) is 6.49. The first kappa shape index (κ1) is 13.7. The maximum Gasteiger partial charge on any atom is 0.162 e. The molecular formula is C17H24N2O. The van der Waals surface area contributed by atoms with E-state index in [1.807, 2.05) is 12.3 Å². The summed E-state index contributed by atoms with van der Waals surface area (Å²) < 4.78 is 0. The molecular weight excluding hydrogens is 248 g/mol. The minimum Gasteiger partial charge on any atom is -0.297 e. The van der Waals surface area contributed by atoms with Gasteiger partial charge in [-0.05, 0) is 51.4 Å². The van der Waals surface area contributed by atoms with Crippen molar-refractivity contribution in [3.05, 3.63) is 29.6 Å². The molecule has 0 amide bonds. The monoisotopic (exact) mass is 272 g/mol. The Labute approximate surface area is 121 Å². The van der Waals surface area contributed by atoms with E-state index in [-0.39, 0.29) is 11.5 Å². The van der Waals surface area contributed by atoms with Crippen LogP contribution in [0.3, 0.4) is 0 Å². The van der Waals surface area contributed by atoms with Crippen molar-refractivity contribution in [3.8, 4) is 0 Å². The molecule has 1 atom stereocenters. The van der Waals surface area contributed by atoms with Crippen molar-refractivity contribution in [1.82, 2.24) is 9.88 Å². The second kappa shape index (κ2) is 5.28. The number of likely N-dealkylation sites (N-methyl/N-ethyl adjacent to an activating group) is 1. The topological polar surface area (TPSA) is 33.2 Å². The quantitative estimate of drug-likeness (QED) is 0.848. The van der Waals surface area contributed by atoms with Gasteiger partial charge in [0.2, 0.25) is 0 Å². The molecule has 0 radical (unpaired) electrons. The van der Waals surface area contributed by atoms with Gasteiger partial charge in [0.25, 0.3) is 0 Å². The van der Waals surface area contributed by atoms with Crippen molar-refractivity contribution in [1.29, 1.82) is 0 Å². The Morgan fingerprint density at radius 1 is 1.30 bits per heavy atom. The molecule has 0 aliphatic heterocycles. The van der Waals surface area contributed by atoms with Crippen LogP contribution in [0.2, 0.25) is 0 Å². The van der Waals surface area contributed by atoms with E-state index in [0.717, 1.165) is 31.4 Å². The number of hydrogen-bond donors (Lipinski definition) is 0. The summed E-state index contributed by atoms with van der Waals surface area (Å²) in [6.45, 7) is 0. The molecule has 2 aliphatic carbocycles. The van der Waals surface area contributed by atoms with Crippen LogP contribution in [0.1, 0.15) is 55.7 Å². The van der Waals surface area contributed by atoms with Gasteiger partial charge in [-0.2, -0.15) is 0 Å². The first-order valence-electron chi connectivity index (χ1n) is 7.81. The Hall–Kier alpha value is -1.22. The fourth-order valence-electron chi connectivity index (χ4n) is 4.04. The summed E-state index contributed by atoms with van der Waals surface area (Å²) in [6.07, 6.45) is 9.41. The van der Waals surface area contributed by atoms with E-state index in [0.29, 0.717) is 5.78 Å². The van der Waals surface area contributed by atoms with E-state index in [4.69, 9.17) is 0 Å². The third kappa shape index (κ3) is 2.08. The molecule has 0 bridgehead atoms. The summed E-state index contributed by atoms with van der Waals surface area (Å²) >= 11 is 0. The van der Waals surface area contributed by atoms with Gasteiger partial charge in [-0.1, -0.05) is 25.3 Å². The van der Waals surface area contributed by atoms with Crippen molar-refractivity contribution in [2.45, 2.75) is 56.4 Å². The smallest absolute Gasteiger partial charge is 0.162 e. The number of fused-ring (bicyclic) bond motifs is 1. The zero-order valence-electron chi connectivity index (χ0n) is 12.6. The number of aryl methyl sites for hydroxylation is 1. The molecule has 1 heterocycles.